The molecule has 1 heterocycles. The number of nitrogens with zero attached hydrogens (tertiary/aromatic N) is 4. The minimum absolute atomic E-state index is 0.0934. The molecule has 156 valence electrons. The summed E-state index contributed by atoms with van der Waals surface area (Å²) in [6.07, 6.45) is 1.50. The van der Waals surface area contributed by atoms with Gasteiger partial charge in [0.05, 0.1) is 24.1 Å². The van der Waals surface area contributed by atoms with Crippen molar-refractivity contribution in [2.75, 3.05) is 29.4 Å². The second-order valence-electron chi connectivity index (χ2n) is 5.78. The van der Waals surface area contributed by atoms with Crippen molar-refractivity contribution in [3.05, 3.63) is 58.1 Å². The van der Waals surface area contributed by atoms with E-state index in [-0.39, 0.29) is 17.6 Å². The van der Waals surface area contributed by atoms with Crippen LogP contribution < -0.4 is 21.3 Å². The maximum atomic E-state index is 12.2. The zero-order valence-corrected chi connectivity index (χ0v) is 18.0. The molecule has 0 aliphatic rings. The molecule has 0 fully saturated rings. The number of nitrogens with one attached hydrogen (secondary N) is 2. The van der Waals surface area contributed by atoms with E-state index in [0.717, 1.165) is 11.8 Å². The minimum Gasteiger partial charge on any atom is -0.497 e. The summed E-state index contributed by atoms with van der Waals surface area (Å²) in [6.45, 7) is 0. The number of hydrogen-bond donors (Lipinski definition) is 3. The number of carbonyl (C=O) groups is 1. The summed E-state index contributed by atoms with van der Waals surface area (Å²) in [5.74, 6) is 6.68. The van der Waals surface area contributed by atoms with Crippen LogP contribution in [-0.2, 0) is 4.79 Å². The number of nitrogen functional groups attached to an aromatic ring is 1. The van der Waals surface area contributed by atoms with Crippen molar-refractivity contribution in [1.29, 1.82) is 0 Å². The molecule has 0 radical (unpaired) electrons. The van der Waals surface area contributed by atoms with Gasteiger partial charge in [0.1, 0.15) is 5.75 Å². The quantitative estimate of drug-likeness (QED) is 0.201. The van der Waals surface area contributed by atoms with Crippen molar-refractivity contribution >= 4 is 58.7 Å². The number of ether oxygens (including phenoxy) is 1. The normalized spacial score (nSPS) is 10.9. The molecule has 4 N–H and O–H groups in total. The lowest BCUT2D eigenvalue weighted by Gasteiger charge is -2.07. The summed E-state index contributed by atoms with van der Waals surface area (Å²) in [4.78, 5) is 12.2. The molecule has 3 rings (SSSR count). The van der Waals surface area contributed by atoms with Gasteiger partial charge in [0.25, 0.3) is 5.95 Å². The van der Waals surface area contributed by atoms with Gasteiger partial charge in [0, 0.05) is 22.3 Å². The minimum atomic E-state index is -0.221. The molecule has 0 spiro atoms. The Hall–Kier alpha value is -2.95. The number of hydrazone groups is 1. The lowest BCUT2D eigenvalue weighted by atomic mass is 10.2. The van der Waals surface area contributed by atoms with E-state index >= 15 is 0 Å². The molecule has 0 saturated carbocycles. The van der Waals surface area contributed by atoms with Crippen LogP contribution in [0.4, 0.5) is 11.6 Å². The first kappa shape index (κ1) is 21.8. The third-order valence-corrected chi connectivity index (χ3v) is 5.19. The number of carbonyl (C=O) groups excluding carboxylic acids is 1. The van der Waals surface area contributed by atoms with E-state index in [4.69, 9.17) is 33.8 Å². The summed E-state index contributed by atoms with van der Waals surface area (Å²) in [5, 5.41) is 16.0. The molecule has 12 heteroatoms. The van der Waals surface area contributed by atoms with Gasteiger partial charge in [-0.05, 0) is 24.3 Å². The smallest absolute Gasteiger partial charge is 0.264 e. The molecule has 30 heavy (non-hydrogen) atoms. The zero-order valence-electron chi connectivity index (χ0n) is 15.7. The van der Waals surface area contributed by atoms with Gasteiger partial charge >= 0.3 is 0 Å². The lowest BCUT2D eigenvalue weighted by Crippen LogP contribution is -2.16. The monoisotopic (exact) mass is 465 g/mol. The van der Waals surface area contributed by atoms with Crippen LogP contribution in [0.1, 0.15) is 5.56 Å². The van der Waals surface area contributed by atoms with Gasteiger partial charge in [-0.2, -0.15) is 5.10 Å². The first-order chi connectivity index (χ1) is 14.5. The Balaban J connectivity index is 1.54. The molecule has 0 atom stereocenters. The van der Waals surface area contributed by atoms with Crippen LogP contribution in [0.3, 0.4) is 0 Å². The Morgan fingerprint density at radius 1 is 1.30 bits per heavy atom. The number of hydrogen-bond acceptors (Lipinski definition) is 8. The highest BCUT2D eigenvalue weighted by Gasteiger charge is 2.12. The van der Waals surface area contributed by atoms with Crippen molar-refractivity contribution in [2.45, 2.75) is 5.16 Å². The van der Waals surface area contributed by atoms with Crippen molar-refractivity contribution in [2.24, 2.45) is 5.10 Å². The molecule has 0 aliphatic carbocycles. The molecule has 9 nitrogen and oxygen atoms in total. The van der Waals surface area contributed by atoms with Crippen LogP contribution in [0.15, 0.2) is 52.7 Å². The van der Waals surface area contributed by atoms with E-state index < -0.39 is 0 Å². The van der Waals surface area contributed by atoms with E-state index in [1.807, 2.05) is 0 Å². The van der Waals surface area contributed by atoms with E-state index in [1.54, 1.807) is 49.6 Å². The maximum absolute atomic E-state index is 12.2. The molecule has 0 aliphatic heterocycles. The van der Waals surface area contributed by atoms with Crippen molar-refractivity contribution in [1.82, 2.24) is 14.9 Å². The molecule has 1 aromatic heterocycles. The highest BCUT2D eigenvalue weighted by molar-refractivity contribution is 7.99. The largest absolute Gasteiger partial charge is 0.497 e. The molecule has 0 unspecified atom stereocenters. The fourth-order valence-electron chi connectivity index (χ4n) is 2.25. The molecular formula is C18H17Cl2N7O2S. The van der Waals surface area contributed by atoms with Gasteiger partial charge in [0.2, 0.25) is 11.1 Å². The number of methoxy groups -OCH3 is 1. The fraction of sp³-hybridized carbons (Fsp3) is 0.111. The van der Waals surface area contributed by atoms with Crippen LogP contribution in [0.25, 0.3) is 0 Å². The number of anilines is 2. The van der Waals surface area contributed by atoms with Crippen LogP contribution in [0.2, 0.25) is 10.0 Å². The summed E-state index contributed by atoms with van der Waals surface area (Å²) >= 11 is 13.1. The summed E-state index contributed by atoms with van der Waals surface area (Å²) < 4.78 is 6.33. The highest BCUT2D eigenvalue weighted by Crippen LogP contribution is 2.21. The Morgan fingerprint density at radius 2 is 2.13 bits per heavy atom. The van der Waals surface area contributed by atoms with E-state index in [0.29, 0.717) is 32.2 Å². The molecule has 0 bridgehead atoms. The SMILES string of the molecule is COc1cccc(NC(=O)CSc2nnc(N/N=C/c3ccc(Cl)cc3Cl)n2N)c1. The van der Waals surface area contributed by atoms with E-state index in [1.165, 1.54) is 10.9 Å². The third-order valence-electron chi connectivity index (χ3n) is 3.68. The van der Waals surface area contributed by atoms with Gasteiger partial charge < -0.3 is 15.9 Å². The second-order valence-corrected chi connectivity index (χ2v) is 7.57. The number of thioether (sulfide) groups is 1. The average molecular weight is 466 g/mol. The third kappa shape index (κ3) is 5.78. The highest BCUT2D eigenvalue weighted by atomic mass is 35.5. The maximum Gasteiger partial charge on any atom is 0.264 e. The van der Waals surface area contributed by atoms with E-state index in [9.17, 15) is 4.79 Å². The molecule has 3 aromatic rings. The van der Waals surface area contributed by atoms with Gasteiger partial charge in [-0.25, -0.2) is 10.1 Å². The number of amides is 1. The van der Waals surface area contributed by atoms with Crippen LogP contribution in [0.5, 0.6) is 5.75 Å². The Labute approximate surface area is 186 Å². The van der Waals surface area contributed by atoms with Crippen LogP contribution in [0, 0.1) is 0 Å². The van der Waals surface area contributed by atoms with Crippen molar-refractivity contribution in [3.8, 4) is 5.75 Å². The first-order valence-corrected chi connectivity index (χ1v) is 10.2. The Kier molecular flexibility index (Phi) is 7.39. The number of halogens is 2. The summed E-state index contributed by atoms with van der Waals surface area (Å²) in [6, 6.07) is 12.1. The molecule has 1 amide bonds. The van der Waals surface area contributed by atoms with Gasteiger partial charge in [-0.1, -0.05) is 47.1 Å². The summed E-state index contributed by atoms with van der Waals surface area (Å²) in [5.41, 5.74) is 3.98. The second kappa shape index (κ2) is 10.2. The Morgan fingerprint density at radius 3 is 2.90 bits per heavy atom. The zero-order chi connectivity index (χ0) is 21.5. The van der Waals surface area contributed by atoms with Gasteiger partial charge in [-0.15, -0.1) is 10.2 Å². The van der Waals surface area contributed by atoms with Crippen molar-refractivity contribution in [3.63, 3.8) is 0 Å². The molecular weight excluding hydrogens is 449 g/mol. The van der Waals surface area contributed by atoms with E-state index in [2.05, 4.69) is 26.0 Å². The van der Waals surface area contributed by atoms with Crippen molar-refractivity contribution < 1.29 is 9.53 Å². The predicted molar refractivity (Wildman–Crippen MR) is 120 cm³/mol. The molecule has 2 aromatic carbocycles. The lowest BCUT2D eigenvalue weighted by molar-refractivity contribution is -0.113. The fourth-order valence-corrected chi connectivity index (χ4v) is 3.36. The van der Waals surface area contributed by atoms with Crippen LogP contribution in [-0.4, -0.2) is 39.9 Å². The van der Waals surface area contributed by atoms with Gasteiger partial charge in [0.15, 0.2) is 0 Å². The van der Waals surface area contributed by atoms with Gasteiger partial charge in [-0.3, -0.25) is 4.79 Å². The molecule has 0 saturated heterocycles. The summed E-state index contributed by atoms with van der Waals surface area (Å²) in [7, 11) is 1.56. The predicted octanol–water partition coefficient (Wildman–Crippen LogP) is 3.48. The number of aromatic nitrogens is 3. The average Bonchev–Trinajstić information content (AvgIpc) is 3.08. The number of nitrogens with two attached hydrogens (primary N) is 1. The standard InChI is InChI=1S/C18H17Cl2N7O2S/c1-29-14-4-2-3-13(8-14)23-16(28)10-30-18-26-25-17(27(18)21)24-22-9-11-5-6-12(19)7-15(11)20/h2-9H,10,21H2,1H3,(H,23,28)(H,24,25)/b22-9+. The first-order valence-electron chi connectivity index (χ1n) is 8.47. The number of rotatable bonds is 8. The topological polar surface area (TPSA) is 119 Å². The Bertz CT molecular complexity index is 1070. The van der Waals surface area contributed by atoms with Crippen LogP contribution >= 0.6 is 35.0 Å². The number of benzene rings is 2.